The van der Waals surface area contributed by atoms with E-state index in [1.165, 1.54) is 6.07 Å². The zero-order chi connectivity index (χ0) is 24.6. The number of hydrogen-bond acceptors (Lipinski definition) is 5. The Morgan fingerprint density at radius 3 is 2.83 bits per heavy atom. The number of nitrogens with zero attached hydrogens (tertiary/aromatic N) is 1. The van der Waals surface area contributed by atoms with Crippen molar-refractivity contribution >= 4 is 5.97 Å². The summed E-state index contributed by atoms with van der Waals surface area (Å²) in [6.07, 6.45) is -2.48. The number of alkyl halides is 3. The molecule has 9 heteroatoms. The number of carboxylic acids is 1. The molecule has 5 rings (SSSR count). The zero-order valence-corrected chi connectivity index (χ0v) is 19.3. The number of halogens is 3. The Morgan fingerprint density at radius 2 is 2.03 bits per heavy atom. The number of benzene rings is 2. The molecule has 2 aliphatic heterocycles. The number of rotatable bonds is 6. The van der Waals surface area contributed by atoms with Crippen molar-refractivity contribution in [3.8, 4) is 11.5 Å². The van der Waals surface area contributed by atoms with E-state index in [-0.39, 0.29) is 12.3 Å². The highest BCUT2D eigenvalue weighted by Gasteiger charge is 2.44. The molecule has 1 saturated heterocycles. The van der Waals surface area contributed by atoms with Crippen molar-refractivity contribution in [1.29, 1.82) is 0 Å². The lowest BCUT2D eigenvalue weighted by molar-refractivity contribution is -0.138. The Kier molecular flexibility index (Phi) is 6.40. The number of carbonyl (C=O) groups is 1. The molecule has 0 bridgehead atoms. The van der Waals surface area contributed by atoms with E-state index in [0.717, 1.165) is 36.7 Å². The standard InChI is InChI=1S/C26H28F3NO5/c27-26(28,29)19-2-5-22-17(12-19)6-7-25(22,16-30-8-1-10-33-11-9-30)35-20-3-4-21-18(13-24(31)32)15-34-23(21)14-20/h2-5,12,14,18H,1,6-11,13,15-16H2,(H,31,32)/t18-,25+/m1/s1. The van der Waals surface area contributed by atoms with Gasteiger partial charge in [-0.2, -0.15) is 13.2 Å². The fraction of sp³-hybridized carbons (Fsp3) is 0.500. The predicted octanol–water partition coefficient (Wildman–Crippen LogP) is 4.60. The van der Waals surface area contributed by atoms with Crippen molar-refractivity contribution in [3.05, 3.63) is 58.7 Å². The molecule has 1 fully saturated rings. The van der Waals surface area contributed by atoms with Crippen LogP contribution in [-0.4, -0.2) is 55.4 Å². The van der Waals surface area contributed by atoms with Gasteiger partial charge in [-0.05, 0) is 48.6 Å². The summed E-state index contributed by atoms with van der Waals surface area (Å²) in [4.78, 5) is 13.4. The summed E-state index contributed by atoms with van der Waals surface area (Å²) in [5, 5.41) is 9.15. The van der Waals surface area contributed by atoms with Crippen LogP contribution in [0.25, 0.3) is 0 Å². The third-order valence-electron chi connectivity index (χ3n) is 7.11. The van der Waals surface area contributed by atoms with E-state index >= 15 is 0 Å². The maximum atomic E-state index is 13.3. The van der Waals surface area contributed by atoms with Gasteiger partial charge in [-0.15, -0.1) is 0 Å². The van der Waals surface area contributed by atoms with Crippen LogP contribution < -0.4 is 9.47 Å². The van der Waals surface area contributed by atoms with Gasteiger partial charge in [-0.3, -0.25) is 9.69 Å². The average molecular weight is 492 g/mol. The Balaban J connectivity index is 1.46. The van der Waals surface area contributed by atoms with Crippen molar-refractivity contribution in [1.82, 2.24) is 4.90 Å². The van der Waals surface area contributed by atoms with Crippen LogP contribution >= 0.6 is 0 Å². The van der Waals surface area contributed by atoms with E-state index in [1.807, 2.05) is 6.07 Å². The van der Waals surface area contributed by atoms with Gasteiger partial charge in [-0.25, -0.2) is 0 Å². The first kappa shape index (κ1) is 23.9. The zero-order valence-electron chi connectivity index (χ0n) is 19.3. The lowest BCUT2D eigenvalue weighted by Gasteiger charge is -2.36. The second-order valence-electron chi connectivity index (χ2n) is 9.51. The molecule has 2 aromatic carbocycles. The highest BCUT2D eigenvalue weighted by molar-refractivity contribution is 5.68. The Bertz CT molecular complexity index is 1100. The van der Waals surface area contributed by atoms with E-state index in [1.54, 1.807) is 18.2 Å². The molecule has 2 atom stereocenters. The van der Waals surface area contributed by atoms with Crippen molar-refractivity contribution in [2.45, 2.75) is 43.4 Å². The molecule has 6 nitrogen and oxygen atoms in total. The normalized spacial score (nSPS) is 24.4. The highest BCUT2D eigenvalue weighted by Crippen LogP contribution is 2.45. The molecule has 0 unspecified atom stereocenters. The van der Waals surface area contributed by atoms with Crippen molar-refractivity contribution in [2.24, 2.45) is 0 Å². The van der Waals surface area contributed by atoms with Crippen LogP contribution in [-0.2, 0) is 27.7 Å². The molecule has 0 spiro atoms. The molecule has 188 valence electrons. The Labute approximate surface area is 201 Å². The Hall–Kier alpha value is -2.78. The third kappa shape index (κ3) is 4.97. The molecular weight excluding hydrogens is 463 g/mol. The second-order valence-corrected chi connectivity index (χ2v) is 9.51. The molecule has 1 aliphatic carbocycles. The number of fused-ring (bicyclic) bond motifs is 2. The van der Waals surface area contributed by atoms with Crippen LogP contribution in [0.5, 0.6) is 11.5 Å². The topological polar surface area (TPSA) is 68.2 Å². The van der Waals surface area contributed by atoms with E-state index < -0.39 is 23.3 Å². The smallest absolute Gasteiger partial charge is 0.416 e. The number of ether oxygens (including phenoxy) is 3. The van der Waals surface area contributed by atoms with Gasteiger partial charge in [-0.1, -0.05) is 12.1 Å². The van der Waals surface area contributed by atoms with E-state index in [4.69, 9.17) is 19.3 Å². The molecule has 35 heavy (non-hydrogen) atoms. The Morgan fingerprint density at radius 1 is 1.17 bits per heavy atom. The van der Waals surface area contributed by atoms with Gasteiger partial charge in [0.15, 0.2) is 0 Å². The molecule has 0 aromatic heterocycles. The minimum Gasteiger partial charge on any atom is -0.492 e. The predicted molar refractivity (Wildman–Crippen MR) is 121 cm³/mol. The highest BCUT2D eigenvalue weighted by atomic mass is 19.4. The molecule has 0 amide bonds. The van der Waals surface area contributed by atoms with Crippen molar-refractivity contribution in [3.63, 3.8) is 0 Å². The van der Waals surface area contributed by atoms with Gasteiger partial charge in [0.1, 0.15) is 17.1 Å². The first-order valence-electron chi connectivity index (χ1n) is 11.9. The summed E-state index contributed by atoms with van der Waals surface area (Å²) in [6, 6.07) is 9.35. The fourth-order valence-corrected chi connectivity index (χ4v) is 5.44. The summed E-state index contributed by atoms with van der Waals surface area (Å²) < 4.78 is 58.0. The maximum Gasteiger partial charge on any atom is 0.416 e. The number of carboxylic acid groups (broad SMARTS) is 1. The molecule has 3 aliphatic rings. The van der Waals surface area contributed by atoms with Gasteiger partial charge < -0.3 is 19.3 Å². The summed E-state index contributed by atoms with van der Waals surface area (Å²) >= 11 is 0. The van der Waals surface area contributed by atoms with Crippen LogP contribution in [0.3, 0.4) is 0 Å². The largest absolute Gasteiger partial charge is 0.492 e. The van der Waals surface area contributed by atoms with Crippen LogP contribution in [0.2, 0.25) is 0 Å². The fourth-order valence-electron chi connectivity index (χ4n) is 5.44. The number of aryl methyl sites for hydroxylation is 1. The molecular formula is C26H28F3NO5. The monoisotopic (exact) mass is 491 g/mol. The van der Waals surface area contributed by atoms with Gasteiger partial charge in [0.2, 0.25) is 0 Å². The van der Waals surface area contributed by atoms with E-state index in [9.17, 15) is 18.0 Å². The van der Waals surface area contributed by atoms with Gasteiger partial charge in [0.25, 0.3) is 0 Å². The molecule has 0 radical (unpaired) electrons. The molecule has 2 heterocycles. The lowest BCUT2D eigenvalue weighted by atomic mass is 9.93. The van der Waals surface area contributed by atoms with Crippen LogP contribution in [0.15, 0.2) is 36.4 Å². The second kappa shape index (κ2) is 9.35. The lowest BCUT2D eigenvalue weighted by Crippen LogP contribution is -2.44. The summed E-state index contributed by atoms with van der Waals surface area (Å²) in [5.41, 5.74) is 0.813. The van der Waals surface area contributed by atoms with Crippen LogP contribution in [0.1, 0.15) is 47.4 Å². The maximum absolute atomic E-state index is 13.3. The number of aliphatic carboxylic acids is 1. The minimum atomic E-state index is -4.40. The first-order valence-corrected chi connectivity index (χ1v) is 11.9. The summed E-state index contributed by atoms with van der Waals surface area (Å²) in [6.45, 7) is 3.68. The van der Waals surface area contributed by atoms with Crippen LogP contribution in [0, 0.1) is 0 Å². The molecule has 1 N–H and O–H groups in total. The third-order valence-corrected chi connectivity index (χ3v) is 7.11. The van der Waals surface area contributed by atoms with E-state index in [2.05, 4.69) is 4.90 Å². The van der Waals surface area contributed by atoms with Crippen molar-refractivity contribution in [2.75, 3.05) is 39.5 Å². The minimum absolute atomic E-state index is 0.0108. The van der Waals surface area contributed by atoms with Gasteiger partial charge >= 0.3 is 12.1 Å². The first-order chi connectivity index (χ1) is 16.7. The van der Waals surface area contributed by atoms with Crippen molar-refractivity contribution < 1.29 is 37.3 Å². The molecule has 2 aromatic rings. The average Bonchev–Trinajstić information content (AvgIpc) is 3.24. The van der Waals surface area contributed by atoms with E-state index in [0.29, 0.717) is 56.3 Å². The van der Waals surface area contributed by atoms with Crippen LogP contribution in [0.4, 0.5) is 13.2 Å². The number of hydrogen-bond donors (Lipinski definition) is 1. The quantitative estimate of drug-likeness (QED) is 0.637. The molecule has 0 saturated carbocycles. The summed E-state index contributed by atoms with van der Waals surface area (Å²) in [7, 11) is 0. The van der Waals surface area contributed by atoms with Gasteiger partial charge in [0.05, 0.1) is 25.2 Å². The SMILES string of the molecule is O=C(O)C[C@@H]1COc2cc(O[C@]3(CN4CCCOCC4)CCc4cc(C(F)(F)F)ccc43)ccc21. The van der Waals surface area contributed by atoms with Gasteiger partial charge in [0, 0.05) is 43.8 Å². The summed E-state index contributed by atoms with van der Waals surface area (Å²) in [5.74, 6) is 0.0554.